The lowest BCUT2D eigenvalue weighted by Gasteiger charge is -2.15. The number of nitrogens with one attached hydrogen (secondary N) is 2. The minimum atomic E-state index is -0.721. The smallest absolute Gasteiger partial charge is 0.292 e. The average molecular weight is 502 g/mol. The fraction of sp³-hybridized carbons (Fsp3) is 0.0952. The monoisotopic (exact) mass is 501 g/mol. The van der Waals surface area contributed by atoms with Gasteiger partial charge in [-0.15, -0.1) is 0 Å². The molecule has 32 heavy (non-hydrogen) atoms. The number of phenols is 2. The summed E-state index contributed by atoms with van der Waals surface area (Å²) in [6, 6.07) is 7.52. The van der Waals surface area contributed by atoms with Crippen LogP contribution in [0.5, 0.6) is 23.0 Å². The second-order valence-electron chi connectivity index (χ2n) is 6.55. The predicted octanol–water partition coefficient (Wildman–Crippen LogP) is 3.31. The van der Waals surface area contributed by atoms with Crippen LogP contribution in [-0.4, -0.2) is 45.6 Å². The number of aromatic nitrogens is 3. The minimum Gasteiger partial charge on any atom is -0.508 e. The Bertz CT molecular complexity index is 1430. The highest BCUT2D eigenvalue weighted by Gasteiger charge is 2.31. The number of hydrogen-bond donors (Lipinski definition) is 4. The molecule has 0 aliphatic heterocycles. The van der Waals surface area contributed by atoms with Crippen molar-refractivity contribution < 1.29 is 28.9 Å². The van der Waals surface area contributed by atoms with Crippen LogP contribution < -0.4 is 15.0 Å². The van der Waals surface area contributed by atoms with Crippen LogP contribution >= 0.6 is 15.9 Å². The maximum Gasteiger partial charge on any atom is 0.292 e. The minimum absolute atomic E-state index is 0.0500. The molecule has 2 aromatic heterocycles. The number of halogens is 1. The molecule has 2 aromatic carbocycles. The van der Waals surface area contributed by atoms with E-state index in [9.17, 15) is 19.8 Å². The zero-order chi connectivity index (χ0) is 23.0. The lowest BCUT2D eigenvalue weighted by Crippen LogP contribution is -2.11. The van der Waals surface area contributed by atoms with Crippen LogP contribution in [0.2, 0.25) is 0 Å². The van der Waals surface area contributed by atoms with E-state index < -0.39 is 17.1 Å². The van der Waals surface area contributed by atoms with Crippen LogP contribution in [0.15, 0.2) is 50.3 Å². The van der Waals surface area contributed by atoms with E-state index in [1.54, 1.807) is 18.2 Å². The Balaban J connectivity index is 2.04. The Hall–Kier alpha value is -3.99. The van der Waals surface area contributed by atoms with Crippen LogP contribution in [0.25, 0.3) is 16.5 Å². The summed E-state index contributed by atoms with van der Waals surface area (Å²) in [6.45, 7) is 0. The van der Waals surface area contributed by atoms with Crippen LogP contribution in [0.1, 0.15) is 21.6 Å². The van der Waals surface area contributed by atoms with Crippen molar-refractivity contribution in [2.45, 2.75) is 0 Å². The number of aromatic hydroxyl groups is 2. The molecule has 0 spiro atoms. The third kappa shape index (κ3) is 3.32. The third-order valence-electron chi connectivity index (χ3n) is 4.77. The Morgan fingerprint density at radius 3 is 2.53 bits per heavy atom. The number of ketones is 1. The standard InChI is InChI=1S/C21H16BrN3O7/c1-30-18-11-6-7-32-19(11)20(31-2)17(28)13(18)16(27)14(22)12(15-21(29)24-25-23-15)9-4-3-5-10(26)8-9/h3-8,26,28H,1-2H3,(H2,23,24,25,29). The molecule has 11 heteroatoms. The van der Waals surface area contributed by atoms with Crippen LogP contribution in [0.4, 0.5) is 0 Å². The number of benzene rings is 2. The largest absolute Gasteiger partial charge is 0.508 e. The lowest BCUT2D eigenvalue weighted by molar-refractivity contribution is 0.103. The van der Waals surface area contributed by atoms with Gasteiger partial charge in [0.15, 0.2) is 17.0 Å². The highest BCUT2D eigenvalue weighted by molar-refractivity contribution is 9.12. The zero-order valence-electron chi connectivity index (χ0n) is 16.7. The van der Waals surface area contributed by atoms with E-state index >= 15 is 0 Å². The number of ether oxygens (including phenoxy) is 2. The van der Waals surface area contributed by atoms with Crippen molar-refractivity contribution in [2.75, 3.05) is 14.2 Å². The molecule has 4 aromatic rings. The normalized spacial score (nSPS) is 12.0. The van der Waals surface area contributed by atoms with Gasteiger partial charge in [-0.05, 0) is 39.7 Å². The number of carbonyl (C=O) groups excluding carboxylic acids is 1. The molecular formula is C21H16BrN3O7. The van der Waals surface area contributed by atoms with E-state index in [2.05, 4.69) is 31.3 Å². The van der Waals surface area contributed by atoms with E-state index in [0.717, 1.165) is 0 Å². The summed E-state index contributed by atoms with van der Waals surface area (Å²) in [7, 11) is 2.67. The molecule has 0 unspecified atom stereocenters. The first-order chi connectivity index (χ1) is 15.4. The number of phenolic OH excluding ortho intramolecular Hbond substituents is 2. The fourth-order valence-electron chi connectivity index (χ4n) is 3.41. The van der Waals surface area contributed by atoms with Gasteiger partial charge in [0.1, 0.15) is 17.1 Å². The SMILES string of the molecule is COc1c(C(=O)C(Br)=C(c2cccc(O)c2)c2n[nH][nH]c2=O)c(O)c(OC)c2occc12. The van der Waals surface area contributed by atoms with E-state index in [-0.39, 0.29) is 44.1 Å². The van der Waals surface area contributed by atoms with E-state index in [4.69, 9.17) is 13.9 Å². The van der Waals surface area contributed by atoms with Gasteiger partial charge in [0, 0.05) is 5.57 Å². The first-order valence-electron chi connectivity index (χ1n) is 9.10. The molecule has 0 saturated carbocycles. The molecule has 0 fully saturated rings. The maximum atomic E-state index is 13.6. The third-order valence-corrected chi connectivity index (χ3v) is 5.53. The lowest BCUT2D eigenvalue weighted by atomic mass is 9.97. The van der Waals surface area contributed by atoms with Gasteiger partial charge in [-0.3, -0.25) is 9.59 Å². The highest BCUT2D eigenvalue weighted by Crippen LogP contribution is 2.47. The molecule has 10 nitrogen and oxygen atoms in total. The van der Waals surface area contributed by atoms with Gasteiger partial charge in [0.25, 0.3) is 5.56 Å². The molecule has 0 atom stereocenters. The van der Waals surface area contributed by atoms with E-state index in [1.807, 2.05) is 0 Å². The quantitative estimate of drug-likeness (QED) is 0.232. The molecule has 2 heterocycles. The number of fused-ring (bicyclic) bond motifs is 1. The molecule has 0 aliphatic carbocycles. The van der Waals surface area contributed by atoms with Crippen LogP contribution in [0, 0.1) is 0 Å². The van der Waals surface area contributed by atoms with Gasteiger partial charge >= 0.3 is 0 Å². The number of furan rings is 1. The number of allylic oxidation sites excluding steroid dienone is 1. The number of methoxy groups -OCH3 is 2. The van der Waals surface area contributed by atoms with Crippen molar-refractivity contribution in [3.63, 3.8) is 0 Å². The van der Waals surface area contributed by atoms with E-state index in [0.29, 0.717) is 10.9 Å². The van der Waals surface area contributed by atoms with Gasteiger partial charge in [-0.1, -0.05) is 12.1 Å². The molecule has 0 bridgehead atoms. The van der Waals surface area contributed by atoms with Crippen LogP contribution in [-0.2, 0) is 0 Å². The van der Waals surface area contributed by atoms with Gasteiger partial charge < -0.3 is 24.1 Å². The number of H-pyrrole nitrogens is 2. The van der Waals surface area contributed by atoms with Crippen molar-refractivity contribution in [1.29, 1.82) is 0 Å². The highest BCUT2D eigenvalue weighted by atomic mass is 79.9. The molecular weight excluding hydrogens is 486 g/mol. The molecule has 164 valence electrons. The molecule has 0 saturated heterocycles. The Morgan fingerprint density at radius 1 is 1.16 bits per heavy atom. The topological polar surface area (TPSA) is 151 Å². The van der Waals surface area contributed by atoms with Gasteiger partial charge in [0.2, 0.25) is 11.5 Å². The number of rotatable bonds is 6. The second kappa shape index (κ2) is 8.27. The first kappa shape index (κ1) is 21.2. The molecule has 0 radical (unpaired) electrons. The first-order valence-corrected chi connectivity index (χ1v) is 9.89. The molecule has 0 amide bonds. The molecule has 0 aliphatic rings. The maximum absolute atomic E-state index is 13.6. The van der Waals surface area contributed by atoms with Crippen molar-refractivity contribution in [3.8, 4) is 23.0 Å². The summed E-state index contributed by atoms with van der Waals surface area (Å²) in [5, 5.41) is 29.8. The number of hydrogen-bond acceptors (Lipinski definition) is 8. The summed E-state index contributed by atoms with van der Waals surface area (Å²) in [5.41, 5.74) is -0.290. The molecule has 4 rings (SSSR count). The van der Waals surface area contributed by atoms with Crippen LogP contribution in [0.3, 0.4) is 0 Å². The summed E-state index contributed by atoms with van der Waals surface area (Å²) in [6.07, 6.45) is 1.37. The Labute approximate surface area is 188 Å². The summed E-state index contributed by atoms with van der Waals surface area (Å²) in [5.74, 6) is -1.30. The number of carbonyl (C=O) groups is 1. The average Bonchev–Trinajstić information content (AvgIpc) is 3.42. The summed E-state index contributed by atoms with van der Waals surface area (Å²) in [4.78, 5) is 26.0. The second-order valence-corrected chi connectivity index (χ2v) is 7.34. The van der Waals surface area contributed by atoms with Gasteiger partial charge in [-0.2, -0.15) is 5.10 Å². The summed E-state index contributed by atoms with van der Waals surface area (Å²) < 4.78 is 15.9. The van der Waals surface area contributed by atoms with Crippen molar-refractivity contribution in [3.05, 3.63) is 68.3 Å². The van der Waals surface area contributed by atoms with Crippen molar-refractivity contribution >= 4 is 38.3 Å². The number of nitrogens with zero attached hydrogens (tertiary/aromatic N) is 1. The van der Waals surface area contributed by atoms with Gasteiger partial charge in [0.05, 0.1) is 30.4 Å². The van der Waals surface area contributed by atoms with Crippen molar-refractivity contribution in [1.82, 2.24) is 15.4 Å². The fourth-order valence-corrected chi connectivity index (χ4v) is 4.02. The van der Waals surface area contributed by atoms with Crippen molar-refractivity contribution in [2.24, 2.45) is 0 Å². The zero-order valence-corrected chi connectivity index (χ0v) is 18.3. The van der Waals surface area contributed by atoms with Gasteiger partial charge in [-0.25, -0.2) is 10.3 Å². The Morgan fingerprint density at radius 2 is 1.91 bits per heavy atom. The predicted molar refractivity (Wildman–Crippen MR) is 118 cm³/mol. The summed E-state index contributed by atoms with van der Waals surface area (Å²) >= 11 is 3.27. The van der Waals surface area contributed by atoms with E-state index in [1.165, 1.54) is 32.6 Å². The Kier molecular flexibility index (Phi) is 5.49. The molecule has 4 N–H and O–H groups in total. The number of aromatic amines is 2. The number of Topliss-reactive ketones (excluding diaryl/α,β-unsaturated/α-hetero) is 1.